The van der Waals surface area contributed by atoms with Crippen molar-refractivity contribution >= 4 is 5.69 Å². The number of aryl methyl sites for hydroxylation is 1. The van der Waals surface area contributed by atoms with E-state index >= 15 is 0 Å². The third-order valence-electron chi connectivity index (χ3n) is 3.89. The molecule has 1 aliphatic rings. The van der Waals surface area contributed by atoms with Crippen LogP contribution >= 0.6 is 0 Å². The highest BCUT2D eigenvalue weighted by molar-refractivity contribution is 5.59. The van der Waals surface area contributed by atoms with E-state index in [1.165, 1.54) is 4.57 Å². The monoisotopic (exact) mass is 245 g/mol. The molecule has 96 valence electrons. The van der Waals surface area contributed by atoms with Gasteiger partial charge in [-0.15, -0.1) is 0 Å². The van der Waals surface area contributed by atoms with Crippen LogP contribution in [0.15, 0.2) is 10.9 Å². The first-order valence-electron chi connectivity index (χ1n) is 6.40. The highest BCUT2D eigenvalue weighted by Gasteiger charge is 2.21. The van der Waals surface area contributed by atoms with Gasteiger partial charge in [0.25, 0.3) is 5.56 Å². The maximum absolute atomic E-state index is 12.1. The normalized spacial score (nSPS) is 16.7. The average Bonchev–Trinajstić information content (AvgIpc) is 2.37. The van der Waals surface area contributed by atoms with Gasteiger partial charge in [-0.3, -0.25) is 4.79 Å². The lowest BCUT2D eigenvalue weighted by atomic mass is 9.98. The van der Waals surface area contributed by atoms with E-state index in [2.05, 4.69) is 17.9 Å². The van der Waals surface area contributed by atoms with Crippen LogP contribution < -0.4 is 10.5 Å². The van der Waals surface area contributed by atoms with Gasteiger partial charge in [-0.2, -0.15) is 5.26 Å². The van der Waals surface area contributed by atoms with E-state index in [1.54, 1.807) is 7.05 Å². The predicted molar refractivity (Wildman–Crippen MR) is 71.7 cm³/mol. The molecule has 0 atom stereocenters. The molecule has 4 nitrogen and oxygen atoms in total. The number of aromatic nitrogens is 1. The molecule has 0 N–H and O–H groups in total. The second-order valence-electron chi connectivity index (χ2n) is 5.19. The van der Waals surface area contributed by atoms with Gasteiger partial charge in [0.15, 0.2) is 0 Å². The van der Waals surface area contributed by atoms with Gasteiger partial charge < -0.3 is 9.47 Å². The number of rotatable bonds is 1. The molecule has 1 fully saturated rings. The fourth-order valence-electron chi connectivity index (χ4n) is 2.41. The maximum atomic E-state index is 12.1. The summed E-state index contributed by atoms with van der Waals surface area (Å²) >= 11 is 0. The van der Waals surface area contributed by atoms with Crippen molar-refractivity contribution in [1.82, 2.24) is 4.57 Å². The summed E-state index contributed by atoms with van der Waals surface area (Å²) in [5, 5.41) is 9.21. The van der Waals surface area contributed by atoms with Crippen LogP contribution in [0.1, 0.15) is 31.0 Å². The zero-order valence-corrected chi connectivity index (χ0v) is 11.2. The Balaban J connectivity index is 2.45. The molecule has 1 aromatic rings. The molecule has 1 aromatic heterocycles. The molecule has 0 amide bonds. The van der Waals surface area contributed by atoms with Gasteiger partial charge in [-0.05, 0) is 31.7 Å². The lowest BCUT2D eigenvalue weighted by molar-refractivity contribution is 0.438. The number of piperidine rings is 1. The molecule has 1 saturated heterocycles. The Morgan fingerprint density at radius 2 is 2.00 bits per heavy atom. The van der Waals surface area contributed by atoms with E-state index < -0.39 is 0 Å². The van der Waals surface area contributed by atoms with E-state index in [-0.39, 0.29) is 11.1 Å². The van der Waals surface area contributed by atoms with Gasteiger partial charge >= 0.3 is 0 Å². The summed E-state index contributed by atoms with van der Waals surface area (Å²) < 4.78 is 1.54. The summed E-state index contributed by atoms with van der Waals surface area (Å²) in [5.41, 5.74) is 1.79. The standard InChI is InChI=1S/C14H19N3O/c1-10-4-6-17(7-5-10)13-8-11(2)16(3)14(18)12(13)9-15/h8,10H,4-7H2,1-3H3. The second-order valence-corrected chi connectivity index (χ2v) is 5.19. The van der Waals surface area contributed by atoms with Crippen LogP contribution in [0.25, 0.3) is 0 Å². The van der Waals surface area contributed by atoms with E-state index in [4.69, 9.17) is 0 Å². The Labute approximate surface area is 107 Å². The molecule has 2 heterocycles. The van der Waals surface area contributed by atoms with E-state index in [1.807, 2.05) is 13.0 Å². The number of hydrogen-bond donors (Lipinski definition) is 0. The van der Waals surface area contributed by atoms with E-state index in [9.17, 15) is 10.1 Å². The lowest BCUT2D eigenvalue weighted by Gasteiger charge is -2.32. The fourth-order valence-corrected chi connectivity index (χ4v) is 2.41. The molecule has 4 heteroatoms. The number of nitrogens with zero attached hydrogens (tertiary/aromatic N) is 3. The zero-order valence-electron chi connectivity index (χ0n) is 11.2. The number of anilines is 1. The minimum atomic E-state index is -0.189. The Morgan fingerprint density at radius 3 is 2.56 bits per heavy atom. The van der Waals surface area contributed by atoms with Crippen molar-refractivity contribution in [2.45, 2.75) is 26.7 Å². The first kappa shape index (κ1) is 12.7. The lowest BCUT2D eigenvalue weighted by Crippen LogP contribution is -2.35. The SMILES string of the molecule is Cc1cc(N2CCC(C)CC2)c(C#N)c(=O)n1C. The third-order valence-corrected chi connectivity index (χ3v) is 3.89. The van der Waals surface area contributed by atoms with E-state index in [0.717, 1.165) is 43.2 Å². The van der Waals surface area contributed by atoms with Crippen molar-refractivity contribution in [3.8, 4) is 6.07 Å². The average molecular weight is 245 g/mol. The van der Waals surface area contributed by atoms with Crippen molar-refractivity contribution in [2.24, 2.45) is 13.0 Å². The predicted octanol–water partition coefficient (Wildman–Crippen LogP) is 1.80. The first-order chi connectivity index (χ1) is 8.54. The van der Waals surface area contributed by atoms with Gasteiger partial charge in [0.05, 0.1) is 5.69 Å². The third kappa shape index (κ3) is 2.13. The van der Waals surface area contributed by atoms with Gasteiger partial charge in [-0.1, -0.05) is 6.92 Å². The molecule has 18 heavy (non-hydrogen) atoms. The topological polar surface area (TPSA) is 49.0 Å². The minimum absolute atomic E-state index is 0.189. The largest absolute Gasteiger partial charge is 0.370 e. The molecule has 0 radical (unpaired) electrons. The highest BCUT2D eigenvalue weighted by atomic mass is 16.1. The summed E-state index contributed by atoms with van der Waals surface area (Å²) in [6.45, 7) is 6.02. The summed E-state index contributed by atoms with van der Waals surface area (Å²) in [6, 6.07) is 4.02. The molecular formula is C14H19N3O. The Bertz CT molecular complexity index is 545. The van der Waals surface area contributed by atoms with Crippen LogP contribution in [0.2, 0.25) is 0 Å². The Morgan fingerprint density at radius 1 is 1.39 bits per heavy atom. The Kier molecular flexibility index (Phi) is 3.42. The van der Waals surface area contributed by atoms with Crippen LogP contribution in [0.5, 0.6) is 0 Å². The second kappa shape index (κ2) is 4.85. The number of pyridine rings is 1. The van der Waals surface area contributed by atoms with Crippen molar-refractivity contribution in [1.29, 1.82) is 5.26 Å². The Hall–Kier alpha value is -1.76. The molecule has 0 spiro atoms. The molecule has 0 unspecified atom stereocenters. The molecule has 0 aliphatic carbocycles. The van der Waals surface area contributed by atoms with Gasteiger partial charge in [0.2, 0.25) is 0 Å². The fraction of sp³-hybridized carbons (Fsp3) is 0.571. The molecule has 2 rings (SSSR count). The molecule has 0 bridgehead atoms. The molecule has 1 aliphatic heterocycles. The van der Waals surface area contributed by atoms with Gasteiger partial charge in [0.1, 0.15) is 11.6 Å². The van der Waals surface area contributed by atoms with Crippen LogP contribution in [0, 0.1) is 24.2 Å². The first-order valence-corrected chi connectivity index (χ1v) is 6.40. The van der Waals surface area contributed by atoms with Crippen LogP contribution in [-0.4, -0.2) is 17.7 Å². The van der Waals surface area contributed by atoms with Crippen LogP contribution in [-0.2, 0) is 7.05 Å². The summed E-state index contributed by atoms with van der Waals surface area (Å²) in [7, 11) is 1.71. The minimum Gasteiger partial charge on any atom is -0.370 e. The van der Waals surface area contributed by atoms with E-state index in [0.29, 0.717) is 0 Å². The summed E-state index contributed by atoms with van der Waals surface area (Å²) in [4.78, 5) is 14.2. The maximum Gasteiger partial charge on any atom is 0.270 e. The summed E-state index contributed by atoms with van der Waals surface area (Å²) in [5.74, 6) is 0.736. The highest BCUT2D eigenvalue weighted by Crippen LogP contribution is 2.25. The number of nitriles is 1. The van der Waals surface area contributed by atoms with Crippen molar-refractivity contribution < 1.29 is 0 Å². The van der Waals surface area contributed by atoms with Crippen LogP contribution in [0.4, 0.5) is 5.69 Å². The quantitative estimate of drug-likeness (QED) is 0.758. The summed E-state index contributed by atoms with van der Waals surface area (Å²) in [6.07, 6.45) is 2.25. The van der Waals surface area contributed by atoms with Crippen molar-refractivity contribution in [3.05, 3.63) is 27.7 Å². The number of hydrogen-bond acceptors (Lipinski definition) is 3. The molecule has 0 aromatic carbocycles. The molecular weight excluding hydrogens is 226 g/mol. The van der Waals surface area contributed by atoms with Crippen molar-refractivity contribution in [2.75, 3.05) is 18.0 Å². The van der Waals surface area contributed by atoms with Crippen molar-refractivity contribution in [3.63, 3.8) is 0 Å². The van der Waals surface area contributed by atoms with Gasteiger partial charge in [-0.25, -0.2) is 0 Å². The molecule has 0 saturated carbocycles. The van der Waals surface area contributed by atoms with Gasteiger partial charge in [0, 0.05) is 25.8 Å². The zero-order chi connectivity index (χ0) is 13.3. The smallest absolute Gasteiger partial charge is 0.270 e. The van der Waals surface area contributed by atoms with Crippen LogP contribution in [0.3, 0.4) is 0 Å².